The molecule has 0 spiro atoms. The van der Waals surface area contributed by atoms with Crippen molar-refractivity contribution in [3.63, 3.8) is 0 Å². The summed E-state index contributed by atoms with van der Waals surface area (Å²) in [5.74, 6) is 0.405. The first-order chi connectivity index (χ1) is 14.4. The fourth-order valence-corrected chi connectivity index (χ4v) is 3.89. The van der Waals surface area contributed by atoms with Crippen LogP contribution in [0.5, 0.6) is 5.75 Å². The van der Waals surface area contributed by atoms with E-state index < -0.39 is 0 Å². The Labute approximate surface area is 180 Å². The molecule has 2 aromatic heterocycles. The van der Waals surface area contributed by atoms with Crippen LogP contribution in [0.2, 0.25) is 5.02 Å². The lowest BCUT2D eigenvalue weighted by Gasteiger charge is -2.18. The van der Waals surface area contributed by atoms with Crippen LogP contribution in [0.15, 0.2) is 47.5 Å². The highest BCUT2D eigenvalue weighted by molar-refractivity contribution is 6.31. The highest BCUT2D eigenvalue weighted by atomic mass is 35.5. The summed E-state index contributed by atoms with van der Waals surface area (Å²) in [5.41, 5.74) is 2.42. The molecule has 1 aliphatic carbocycles. The van der Waals surface area contributed by atoms with E-state index in [1.165, 1.54) is 25.8 Å². The van der Waals surface area contributed by atoms with Gasteiger partial charge in [-0.2, -0.15) is 5.10 Å². The third kappa shape index (κ3) is 4.05. The van der Waals surface area contributed by atoms with Crippen LogP contribution in [0, 0.1) is 0 Å². The van der Waals surface area contributed by atoms with Gasteiger partial charge in [-0.3, -0.25) is 14.3 Å². The summed E-state index contributed by atoms with van der Waals surface area (Å²) in [5, 5.41) is 5.12. The monoisotopic (exact) mass is 425 g/mol. The molecule has 0 aliphatic heterocycles. The molecule has 0 radical (unpaired) electrons. The van der Waals surface area contributed by atoms with E-state index >= 15 is 0 Å². The van der Waals surface area contributed by atoms with Gasteiger partial charge in [0.05, 0.1) is 25.0 Å². The summed E-state index contributed by atoms with van der Waals surface area (Å²) in [6.45, 7) is 3.47. The quantitative estimate of drug-likeness (QED) is 0.514. The van der Waals surface area contributed by atoms with Gasteiger partial charge in [0.2, 0.25) is 0 Å². The second-order valence-electron chi connectivity index (χ2n) is 7.82. The standard InChI is InChI=1S/C23H24ClN3O3/c1-14(10-17-8-9-27(25-17)18-5-6-18)26-13-22(30-3)21(12-23(26)29)20-11-16(24)4-7-19(20)15(2)28/h4,7-9,11-14,18H,5-6,10H2,1-3H3. The largest absolute Gasteiger partial charge is 0.495 e. The highest BCUT2D eigenvalue weighted by Gasteiger charge is 2.24. The van der Waals surface area contributed by atoms with E-state index in [0.717, 1.165) is 5.69 Å². The SMILES string of the molecule is COc1cn(C(C)Cc2ccn(C3CC3)n2)c(=O)cc1-c1cc(Cl)ccc1C(C)=O. The van der Waals surface area contributed by atoms with Gasteiger partial charge < -0.3 is 9.30 Å². The Morgan fingerprint density at radius 1 is 1.27 bits per heavy atom. The number of carbonyl (C=O) groups excluding carboxylic acids is 1. The lowest BCUT2D eigenvalue weighted by Crippen LogP contribution is -2.24. The van der Waals surface area contributed by atoms with Crippen LogP contribution in [0.3, 0.4) is 0 Å². The molecule has 1 atom stereocenters. The number of ether oxygens (including phenoxy) is 1. The van der Waals surface area contributed by atoms with Crippen molar-refractivity contribution in [2.24, 2.45) is 0 Å². The lowest BCUT2D eigenvalue weighted by atomic mass is 9.97. The first-order valence-corrected chi connectivity index (χ1v) is 10.4. The van der Waals surface area contributed by atoms with Crippen molar-refractivity contribution in [2.45, 2.75) is 45.2 Å². The van der Waals surface area contributed by atoms with Crippen LogP contribution in [0.1, 0.15) is 54.8 Å². The zero-order valence-corrected chi connectivity index (χ0v) is 18.0. The average Bonchev–Trinajstić information content (AvgIpc) is 3.46. The Hall–Kier alpha value is -2.86. The fourth-order valence-electron chi connectivity index (χ4n) is 3.72. The first kappa shape index (κ1) is 20.4. The van der Waals surface area contributed by atoms with Gasteiger partial charge in [-0.25, -0.2) is 0 Å². The minimum atomic E-state index is -0.172. The van der Waals surface area contributed by atoms with Crippen molar-refractivity contribution in [3.05, 3.63) is 69.4 Å². The number of rotatable bonds is 7. The molecule has 4 rings (SSSR count). The molecule has 1 fully saturated rings. The lowest BCUT2D eigenvalue weighted by molar-refractivity contribution is 0.101. The summed E-state index contributed by atoms with van der Waals surface area (Å²) in [4.78, 5) is 25.1. The van der Waals surface area contributed by atoms with Crippen molar-refractivity contribution in [3.8, 4) is 16.9 Å². The van der Waals surface area contributed by atoms with Crippen LogP contribution < -0.4 is 10.3 Å². The van der Waals surface area contributed by atoms with Crippen molar-refractivity contribution in [1.29, 1.82) is 0 Å². The molecule has 1 unspecified atom stereocenters. The summed E-state index contributed by atoms with van der Waals surface area (Å²) < 4.78 is 9.24. The predicted octanol–water partition coefficient (Wildman–Crippen LogP) is 4.72. The normalized spacial score (nSPS) is 14.5. The molecule has 0 N–H and O–H groups in total. The summed E-state index contributed by atoms with van der Waals surface area (Å²) in [6.07, 6.45) is 6.71. The van der Waals surface area contributed by atoms with Gasteiger partial charge >= 0.3 is 0 Å². The number of nitrogens with zero attached hydrogens (tertiary/aromatic N) is 3. The van der Waals surface area contributed by atoms with Crippen molar-refractivity contribution in [2.75, 3.05) is 7.11 Å². The van der Waals surface area contributed by atoms with E-state index in [-0.39, 0.29) is 17.4 Å². The van der Waals surface area contributed by atoms with E-state index in [2.05, 4.69) is 5.10 Å². The minimum absolute atomic E-state index is 0.102. The molecule has 30 heavy (non-hydrogen) atoms. The number of pyridine rings is 1. The van der Waals surface area contributed by atoms with Gasteiger partial charge in [0.25, 0.3) is 5.56 Å². The molecular formula is C23H24ClN3O3. The van der Waals surface area contributed by atoms with E-state index in [9.17, 15) is 9.59 Å². The molecule has 156 valence electrons. The summed E-state index contributed by atoms with van der Waals surface area (Å²) in [6, 6.07) is 8.97. The number of Topliss-reactive ketones (excluding diaryl/α,β-unsaturated/α-hetero) is 1. The molecule has 0 amide bonds. The zero-order valence-electron chi connectivity index (χ0n) is 17.3. The predicted molar refractivity (Wildman–Crippen MR) is 117 cm³/mol. The maximum Gasteiger partial charge on any atom is 0.251 e. The number of hydrogen-bond donors (Lipinski definition) is 0. The molecule has 6 nitrogen and oxygen atoms in total. The summed E-state index contributed by atoms with van der Waals surface area (Å²) in [7, 11) is 1.55. The van der Waals surface area contributed by atoms with Crippen LogP contribution in [0.4, 0.5) is 0 Å². The van der Waals surface area contributed by atoms with E-state index in [1.807, 2.05) is 23.9 Å². The van der Waals surface area contributed by atoms with Gasteiger partial charge in [0, 0.05) is 40.9 Å². The number of halogens is 1. The zero-order chi connectivity index (χ0) is 21.4. The number of carbonyl (C=O) groups is 1. The fraction of sp³-hybridized carbons (Fsp3) is 0.348. The van der Waals surface area contributed by atoms with Gasteiger partial charge in [0.1, 0.15) is 5.75 Å². The molecule has 1 aliphatic rings. The topological polar surface area (TPSA) is 66.1 Å². The maximum absolute atomic E-state index is 13.0. The Morgan fingerprint density at radius 3 is 2.70 bits per heavy atom. The Balaban J connectivity index is 1.69. The molecule has 0 bridgehead atoms. The molecule has 7 heteroatoms. The molecule has 1 aromatic carbocycles. The molecule has 0 saturated heterocycles. The Morgan fingerprint density at radius 2 is 2.03 bits per heavy atom. The third-order valence-corrected chi connectivity index (χ3v) is 5.71. The van der Waals surface area contributed by atoms with Crippen LogP contribution in [0.25, 0.3) is 11.1 Å². The number of aromatic nitrogens is 3. The van der Waals surface area contributed by atoms with Crippen LogP contribution >= 0.6 is 11.6 Å². The smallest absolute Gasteiger partial charge is 0.251 e. The van der Waals surface area contributed by atoms with Gasteiger partial charge in [-0.1, -0.05) is 11.6 Å². The van der Waals surface area contributed by atoms with Crippen molar-refractivity contribution < 1.29 is 9.53 Å². The van der Waals surface area contributed by atoms with Crippen LogP contribution in [-0.2, 0) is 6.42 Å². The Kier molecular flexibility index (Phi) is 5.52. The average molecular weight is 426 g/mol. The van der Waals surface area contributed by atoms with Crippen molar-refractivity contribution in [1.82, 2.24) is 14.3 Å². The molecular weight excluding hydrogens is 402 g/mol. The third-order valence-electron chi connectivity index (χ3n) is 5.48. The van der Waals surface area contributed by atoms with E-state index in [0.29, 0.717) is 39.9 Å². The number of benzene rings is 1. The van der Waals surface area contributed by atoms with Crippen LogP contribution in [-0.4, -0.2) is 27.2 Å². The van der Waals surface area contributed by atoms with Gasteiger partial charge in [0.15, 0.2) is 5.78 Å². The first-order valence-electron chi connectivity index (χ1n) is 10.0. The number of hydrogen-bond acceptors (Lipinski definition) is 4. The molecule has 3 aromatic rings. The Bertz CT molecular complexity index is 1160. The van der Waals surface area contributed by atoms with Gasteiger partial charge in [-0.15, -0.1) is 0 Å². The maximum atomic E-state index is 13.0. The van der Waals surface area contributed by atoms with Crippen molar-refractivity contribution >= 4 is 17.4 Å². The second-order valence-corrected chi connectivity index (χ2v) is 8.25. The highest BCUT2D eigenvalue weighted by Crippen LogP contribution is 2.35. The van der Waals surface area contributed by atoms with E-state index in [4.69, 9.17) is 16.3 Å². The molecule has 2 heterocycles. The minimum Gasteiger partial charge on any atom is -0.495 e. The second kappa shape index (κ2) is 8.11. The van der Waals surface area contributed by atoms with E-state index in [1.54, 1.807) is 36.1 Å². The summed E-state index contributed by atoms with van der Waals surface area (Å²) >= 11 is 6.16. The number of ketones is 1. The molecule has 1 saturated carbocycles. The number of methoxy groups -OCH3 is 1. The van der Waals surface area contributed by atoms with Gasteiger partial charge in [-0.05, 0) is 56.5 Å².